The molecule has 1 N–H and O–H groups in total. The Labute approximate surface area is 146 Å². The molecule has 0 aliphatic rings. The summed E-state index contributed by atoms with van der Waals surface area (Å²) in [5, 5.41) is 0. The van der Waals surface area contributed by atoms with E-state index in [0.29, 0.717) is 17.4 Å². The number of rotatable bonds is 4. The summed E-state index contributed by atoms with van der Waals surface area (Å²) in [5.41, 5.74) is 0.412. The number of imidazole rings is 1. The van der Waals surface area contributed by atoms with Gasteiger partial charge in [-0.15, -0.1) is 0 Å². The summed E-state index contributed by atoms with van der Waals surface area (Å²) in [6.45, 7) is 0.210. The van der Waals surface area contributed by atoms with Crippen molar-refractivity contribution in [3.05, 3.63) is 63.5 Å². The first kappa shape index (κ1) is 15.9. The molecule has 0 atom stereocenters. The van der Waals surface area contributed by atoms with E-state index < -0.39 is 11.2 Å². The van der Waals surface area contributed by atoms with Gasteiger partial charge in [0.05, 0.1) is 19.6 Å². The van der Waals surface area contributed by atoms with E-state index in [1.54, 1.807) is 17.9 Å². The number of nitrogens with zero attached hydrogens (tertiary/aromatic N) is 4. The number of ether oxygens (including phenoxy) is 1. The van der Waals surface area contributed by atoms with E-state index in [2.05, 4.69) is 15.0 Å². The minimum Gasteiger partial charge on any atom is -0.497 e. The number of benzene rings is 1. The number of aromatic nitrogens is 5. The zero-order valence-corrected chi connectivity index (χ0v) is 14.1. The highest BCUT2D eigenvalue weighted by Gasteiger charge is 2.14. The van der Waals surface area contributed by atoms with Crippen molar-refractivity contribution in [3.63, 3.8) is 0 Å². The van der Waals surface area contributed by atoms with Gasteiger partial charge in [0.1, 0.15) is 12.3 Å². The average molecular weight is 353 g/mol. The highest BCUT2D eigenvalue weighted by atomic mass is 16.5. The molecular formula is C17H15N5O4. The predicted molar refractivity (Wildman–Crippen MR) is 93.2 cm³/mol. The predicted octanol–water partition coefficient (Wildman–Crippen LogP) is 1.14. The fourth-order valence-corrected chi connectivity index (χ4v) is 2.69. The van der Waals surface area contributed by atoms with E-state index in [1.807, 2.05) is 24.3 Å². The van der Waals surface area contributed by atoms with Gasteiger partial charge in [-0.3, -0.25) is 14.3 Å². The van der Waals surface area contributed by atoms with Crippen molar-refractivity contribution in [1.29, 1.82) is 0 Å². The second-order valence-corrected chi connectivity index (χ2v) is 5.71. The Morgan fingerprint density at radius 3 is 2.92 bits per heavy atom. The van der Waals surface area contributed by atoms with Crippen LogP contribution in [0, 0.1) is 0 Å². The Morgan fingerprint density at radius 2 is 2.12 bits per heavy atom. The molecule has 3 aromatic heterocycles. The minimum atomic E-state index is -0.510. The monoisotopic (exact) mass is 353 g/mol. The Bertz CT molecular complexity index is 1210. The zero-order chi connectivity index (χ0) is 18.3. The number of methoxy groups -OCH3 is 1. The van der Waals surface area contributed by atoms with Crippen LogP contribution in [0.5, 0.6) is 5.75 Å². The summed E-state index contributed by atoms with van der Waals surface area (Å²) in [6, 6.07) is 7.44. The van der Waals surface area contributed by atoms with Gasteiger partial charge < -0.3 is 13.7 Å². The van der Waals surface area contributed by atoms with Crippen LogP contribution in [0.1, 0.15) is 5.89 Å². The second-order valence-electron chi connectivity index (χ2n) is 5.71. The van der Waals surface area contributed by atoms with Gasteiger partial charge in [0, 0.05) is 12.6 Å². The summed E-state index contributed by atoms with van der Waals surface area (Å²) in [4.78, 5) is 34.9. The molecule has 0 bridgehead atoms. The molecule has 26 heavy (non-hydrogen) atoms. The Morgan fingerprint density at radius 1 is 1.27 bits per heavy atom. The summed E-state index contributed by atoms with van der Waals surface area (Å²) >= 11 is 0. The fraction of sp³-hybridized carbons (Fsp3) is 0.176. The number of fused-ring (bicyclic) bond motifs is 1. The lowest BCUT2D eigenvalue weighted by molar-refractivity contribution is 0.414. The van der Waals surface area contributed by atoms with Gasteiger partial charge >= 0.3 is 5.69 Å². The quantitative estimate of drug-likeness (QED) is 0.589. The van der Waals surface area contributed by atoms with Crippen LogP contribution in [-0.2, 0) is 13.6 Å². The van der Waals surface area contributed by atoms with Gasteiger partial charge in [0.2, 0.25) is 5.89 Å². The molecule has 0 saturated heterocycles. The van der Waals surface area contributed by atoms with Crippen molar-refractivity contribution in [1.82, 2.24) is 24.1 Å². The van der Waals surface area contributed by atoms with Gasteiger partial charge in [-0.25, -0.2) is 14.8 Å². The lowest BCUT2D eigenvalue weighted by Gasteiger charge is -2.02. The lowest BCUT2D eigenvalue weighted by atomic mass is 10.2. The van der Waals surface area contributed by atoms with Crippen molar-refractivity contribution in [3.8, 4) is 17.1 Å². The standard InChI is InChI=1S/C17H15N5O4/c1-21-16(23)14-15(20-17(21)24)19-9-22(14)8-13-18-7-12(26-13)10-4-3-5-11(6-10)25-2/h3-7,9H,8H2,1-2H3,(H,20,24). The molecule has 4 aromatic rings. The largest absolute Gasteiger partial charge is 0.497 e. The molecule has 0 saturated carbocycles. The van der Waals surface area contributed by atoms with Crippen LogP contribution in [-0.4, -0.2) is 31.2 Å². The average Bonchev–Trinajstić information content (AvgIpc) is 3.27. The van der Waals surface area contributed by atoms with Crippen LogP contribution >= 0.6 is 0 Å². The number of oxazole rings is 1. The molecule has 1 aromatic carbocycles. The highest BCUT2D eigenvalue weighted by Crippen LogP contribution is 2.24. The third kappa shape index (κ3) is 2.59. The molecule has 0 unspecified atom stereocenters. The number of aromatic amines is 1. The zero-order valence-electron chi connectivity index (χ0n) is 14.1. The Hall–Kier alpha value is -3.62. The summed E-state index contributed by atoms with van der Waals surface area (Å²) in [7, 11) is 3.00. The maximum atomic E-state index is 12.3. The number of H-pyrrole nitrogens is 1. The molecule has 3 heterocycles. The van der Waals surface area contributed by atoms with Gasteiger partial charge in [-0.1, -0.05) is 12.1 Å². The van der Waals surface area contributed by atoms with Gasteiger partial charge in [-0.2, -0.15) is 0 Å². The SMILES string of the molecule is COc1cccc(-c2cnc(Cn3cnc4[nH]c(=O)n(C)c(=O)c43)o2)c1. The van der Waals surface area contributed by atoms with Crippen molar-refractivity contribution in [2.45, 2.75) is 6.54 Å². The van der Waals surface area contributed by atoms with Crippen LogP contribution in [0.2, 0.25) is 0 Å². The van der Waals surface area contributed by atoms with E-state index in [9.17, 15) is 9.59 Å². The first-order chi connectivity index (χ1) is 12.6. The number of hydrogen-bond donors (Lipinski definition) is 1. The molecular weight excluding hydrogens is 338 g/mol. The van der Waals surface area contributed by atoms with E-state index in [4.69, 9.17) is 9.15 Å². The van der Waals surface area contributed by atoms with Gasteiger partial charge in [0.25, 0.3) is 5.56 Å². The van der Waals surface area contributed by atoms with Crippen LogP contribution < -0.4 is 16.0 Å². The molecule has 0 amide bonds. The molecule has 4 rings (SSSR count). The van der Waals surface area contributed by atoms with Crippen LogP contribution in [0.3, 0.4) is 0 Å². The highest BCUT2D eigenvalue weighted by molar-refractivity contribution is 5.69. The molecule has 0 radical (unpaired) electrons. The topological polar surface area (TPSA) is 108 Å². The normalized spacial score (nSPS) is 11.2. The van der Waals surface area contributed by atoms with Crippen molar-refractivity contribution in [2.75, 3.05) is 7.11 Å². The van der Waals surface area contributed by atoms with E-state index in [1.165, 1.54) is 13.4 Å². The van der Waals surface area contributed by atoms with E-state index in [-0.39, 0.29) is 17.7 Å². The maximum Gasteiger partial charge on any atom is 0.329 e. The Balaban J connectivity index is 1.70. The van der Waals surface area contributed by atoms with Crippen LogP contribution in [0.4, 0.5) is 0 Å². The third-order valence-electron chi connectivity index (χ3n) is 4.09. The molecule has 9 heteroatoms. The summed E-state index contributed by atoms with van der Waals surface area (Å²) < 4.78 is 13.6. The molecule has 9 nitrogen and oxygen atoms in total. The van der Waals surface area contributed by atoms with E-state index in [0.717, 1.165) is 10.1 Å². The summed E-state index contributed by atoms with van der Waals surface area (Å²) in [5.74, 6) is 1.72. The molecule has 0 aliphatic carbocycles. The molecule has 0 fully saturated rings. The maximum absolute atomic E-state index is 12.3. The van der Waals surface area contributed by atoms with Crippen molar-refractivity contribution in [2.24, 2.45) is 7.05 Å². The van der Waals surface area contributed by atoms with Crippen LogP contribution in [0.25, 0.3) is 22.5 Å². The van der Waals surface area contributed by atoms with Crippen LogP contribution in [0.15, 0.2) is 50.8 Å². The first-order valence-electron chi connectivity index (χ1n) is 7.80. The number of nitrogens with one attached hydrogen (secondary N) is 1. The Kier molecular flexibility index (Phi) is 3.68. The lowest BCUT2D eigenvalue weighted by Crippen LogP contribution is -2.33. The first-order valence-corrected chi connectivity index (χ1v) is 7.80. The second kappa shape index (κ2) is 6.03. The van der Waals surface area contributed by atoms with Gasteiger partial charge in [0.15, 0.2) is 16.9 Å². The fourth-order valence-electron chi connectivity index (χ4n) is 2.69. The smallest absolute Gasteiger partial charge is 0.329 e. The molecule has 132 valence electrons. The molecule has 0 aliphatic heterocycles. The molecule has 0 spiro atoms. The summed E-state index contributed by atoms with van der Waals surface area (Å²) in [6.07, 6.45) is 3.08. The third-order valence-corrected chi connectivity index (χ3v) is 4.09. The minimum absolute atomic E-state index is 0.210. The van der Waals surface area contributed by atoms with Crippen molar-refractivity contribution < 1.29 is 9.15 Å². The van der Waals surface area contributed by atoms with E-state index >= 15 is 0 Å². The number of hydrogen-bond acceptors (Lipinski definition) is 6. The van der Waals surface area contributed by atoms with Crippen molar-refractivity contribution >= 4 is 11.2 Å². The van der Waals surface area contributed by atoms with Gasteiger partial charge in [-0.05, 0) is 12.1 Å².